The van der Waals surface area contributed by atoms with E-state index in [2.05, 4.69) is 54.5 Å². The number of hydrogen-bond acceptors (Lipinski definition) is 4. The van der Waals surface area contributed by atoms with Crippen molar-refractivity contribution in [2.75, 3.05) is 0 Å². The molecule has 5 aromatic rings. The van der Waals surface area contributed by atoms with Gasteiger partial charge in [-0.3, -0.25) is 0 Å². The Morgan fingerprint density at radius 1 is 0.880 bits per heavy atom. The minimum Gasteiger partial charge on any atom is -0.345 e. The molecule has 25 heavy (non-hydrogen) atoms. The number of aromatic amines is 1. The van der Waals surface area contributed by atoms with Crippen molar-refractivity contribution in [1.82, 2.24) is 19.5 Å². The Bertz CT molecular complexity index is 1140. The van der Waals surface area contributed by atoms with E-state index in [9.17, 15) is 0 Å². The fourth-order valence-electron chi connectivity index (χ4n) is 3.06. The number of imidazole rings is 2. The first-order valence-corrected chi connectivity index (χ1v) is 9.62. The Morgan fingerprint density at radius 3 is 2.28 bits per heavy atom. The lowest BCUT2D eigenvalue weighted by Crippen LogP contribution is -1.86. The summed E-state index contributed by atoms with van der Waals surface area (Å²) in [4.78, 5) is 11.5. The molecule has 6 heteroatoms. The van der Waals surface area contributed by atoms with Gasteiger partial charge in [0.15, 0.2) is 0 Å². The quantitative estimate of drug-likeness (QED) is 0.466. The van der Waals surface area contributed by atoms with Gasteiger partial charge in [-0.1, -0.05) is 24.3 Å². The second kappa shape index (κ2) is 5.68. The van der Waals surface area contributed by atoms with Gasteiger partial charge in [0.2, 0.25) is 0 Å². The molecule has 1 N–H and O–H groups in total. The van der Waals surface area contributed by atoms with Crippen LogP contribution in [0.2, 0.25) is 0 Å². The van der Waals surface area contributed by atoms with Gasteiger partial charge < -0.3 is 9.55 Å². The van der Waals surface area contributed by atoms with Crippen LogP contribution in [-0.4, -0.2) is 19.5 Å². The molecule has 4 heterocycles. The van der Waals surface area contributed by atoms with Crippen molar-refractivity contribution in [2.24, 2.45) is 7.05 Å². The lowest BCUT2D eigenvalue weighted by molar-refractivity contribution is 0.923. The Kier molecular flexibility index (Phi) is 3.33. The van der Waals surface area contributed by atoms with Gasteiger partial charge in [-0.25, -0.2) is 9.97 Å². The molecule has 5 rings (SSSR count). The molecule has 0 aliphatic rings. The molecule has 0 amide bonds. The van der Waals surface area contributed by atoms with E-state index < -0.39 is 0 Å². The zero-order valence-electron chi connectivity index (χ0n) is 13.4. The first-order valence-electron chi connectivity index (χ1n) is 7.86. The molecule has 0 bridgehead atoms. The topological polar surface area (TPSA) is 46.5 Å². The number of nitrogens with one attached hydrogen (secondary N) is 1. The summed E-state index contributed by atoms with van der Waals surface area (Å²) in [5.41, 5.74) is 7.16. The Labute approximate surface area is 152 Å². The standard InChI is InChI=1S/C19H14N4S2/c1-23-11-21-7-17(23)15-9-25-18-14(8-24-19(15)18)12-2-4-13(5-3-12)16-6-20-10-22-16/h2-11H,1H3,(H,20,22). The van der Waals surface area contributed by atoms with Crippen LogP contribution in [0.4, 0.5) is 0 Å². The summed E-state index contributed by atoms with van der Waals surface area (Å²) in [6.45, 7) is 0. The van der Waals surface area contributed by atoms with Crippen LogP contribution in [0, 0.1) is 0 Å². The van der Waals surface area contributed by atoms with Gasteiger partial charge in [-0.15, -0.1) is 22.7 Å². The molecule has 0 saturated heterocycles. The summed E-state index contributed by atoms with van der Waals surface area (Å²) in [6, 6.07) is 8.65. The predicted molar refractivity (Wildman–Crippen MR) is 105 cm³/mol. The zero-order chi connectivity index (χ0) is 16.8. The van der Waals surface area contributed by atoms with Gasteiger partial charge in [-0.05, 0) is 11.1 Å². The lowest BCUT2D eigenvalue weighted by atomic mass is 10.0. The lowest BCUT2D eigenvalue weighted by Gasteiger charge is -2.01. The average molecular weight is 362 g/mol. The average Bonchev–Trinajstić information content (AvgIpc) is 3.40. The van der Waals surface area contributed by atoms with Gasteiger partial charge in [0.05, 0.1) is 45.8 Å². The van der Waals surface area contributed by atoms with Crippen LogP contribution in [0.5, 0.6) is 0 Å². The SMILES string of the molecule is Cn1cncc1-c1csc2c(-c3ccc(-c4cnc[nH]4)cc3)csc12. The zero-order valence-corrected chi connectivity index (χ0v) is 15.1. The smallest absolute Gasteiger partial charge is 0.0948 e. The molecule has 0 unspecified atom stereocenters. The molecular formula is C19H14N4S2. The minimum atomic E-state index is 1.04. The van der Waals surface area contributed by atoms with Crippen molar-refractivity contribution in [3.63, 3.8) is 0 Å². The largest absolute Gasteiger partial charge is 0.345 e. The van der Waals surface area contributed by atoms with E-state index >= 15 is 0 Å². The second-order valence-corrected chi connectivity index (χ2v) is 7.65. The van der Waals surface area contributed by atoms with Crippen LogP contribution in [0.25, 0.3) is 43.0 Å². The van der Waals surface area contributed by atoms with Gasteiger partial charge in [0.25, 0.3) is 0 Å². The van der Waals surface area contributed by atoms with Crippen LogP contribution in [-0.2, 0) is 7.05 Å². The van der Waals surface area contributed by atoms with E-state index in [0.29, 0.717) is 0 Å². The highest BCUT2D eigenvalue weighted by Gasteiger charge is 2.15. The monoisotopic (exact) mass is 362 g/mol. The molecule has 0 spiro atoms. The molecule has 1 aromatic carbocycles. The molecule has 4 nitrogen and oxygen atoms in total. The number of nitrogens with zero attached hydrogens (tertiary/aromatic N) is 3. The number of hydrogen-bond donors (Lipinski definition) is 1. The first-order chi connectivity index (χ1) is 12.3. The highest BCUT2D eigenvalue weighted by atomic mass is 32.1. The molecule has 0 aliphatic heterocycles. The first kappa shape index (κ1) is 14.6. The van der Waals surface area contributed by atoms with E-state index in [-0.39, 0.29) is 0 Å². The summed E-state index contributed by atoms with van der Waals surface area (Å²) >= 11 is 3.61. The number of benzene rings is 1. The maximum atomic E-state index is 4.25. The van der Waals surface area contributed by atoms with E-state index in [1.54, 1.807) is 29.0 Å². The summed E-state index contributed by atoms with van der Waals surface area (Å²) in [6.07, 6.45) is 7.33. The number of aromatic nitrogens is 4. The molecule has 0 aliphatic carbocycles. The highest BCUT2D eigenvalue weighted by Crippen LogP contribution is 2.43. The van der Waals surface area contributed by atoms with E-state index in [0.717, 1.165) is 17.0 Å². The predicted octanol–water partition coefficient (Wildman–Crippen LogP) is 5.42. The van der Waals surface area contributed by atoms with Crippen LogP contribution in [0.15, 0.2) is 60.1 Å². The fraction of sp³-hybridized carbons (Fsp3) is 0.0526. The minimum absolute atomic E-state index is 1.04. The molecule has 122 valence electrons. The third-order valence-electron chi connectivity index (χ3n) is 4.38. The van der Waals surface area contributed by atoms with Crippen molar-refractivity contribution >= 4 is 32.1 Å². The molecule has 0 atom stereocenters. The molecule has 4 aromatic heterocycles. The number of fused-ring (bicyclic) bond motifs is 1. The molecule has 0 fully saturated rings. The van der Waals surface area contributed by atoms with Crippen molar-refractivity contribution in [1.29, 1.82) is 0 Å². The summed E-state index contributed by atoms with van der Waals surface area (Å²) < 4.78 is 4.75. The van der Waals surface area contributed by atoms with E-state index in [1.807, 2.05) is 25.8 Å². The van der Waals surface area contributed by atoms with Crippen LogP contribution < -0.4 is 0 Å². The van der Waals surface area contributed by atoms with Crippen molar-refractivity contribution < 1.29 is 0 Å². The molecular weight excluding hydrogens is 348 g/mol. The number of aryl methyl sites for hydroxylation is 1. The second-order valence-electron chi connectivity index (χ2n) is 5.89. The number of thiophene rings is 2. The third kappa shape index (κ3) is 2.33. The molecule has 0 radical (unpaired) electrons. The maximum absolute atomic E-state index is 4.25. The maximum Gasteiger partial charge on any atom is 0.0948 e. The third-order valence-corrected chi connectivity index (χ3v) is 6.54. The van der Waals surface area contributed by atoms with Gasteiger partial charge >= 0.3 is 0 Å². The van der Waals surface area contributed by atoms with Crippen molar-refractivity contribution in [2.45, 2.75) is 0 Å². The van der Waals surface area contributed by atoms with Gasteiger partial charge in [-0.2, -0.15) is 0 Å². The van der Waals surface area contributed by atoms with E-state index in [1.165, 1.54) is 26.1 Å². The highest BCUT2D eigenvalue weighted by molar-refractivity contribution is 7.27. The fourth-order valence-corrected chi connectivity index (χ4v) is 5.49. The van der Waals surface area contributed by atoms with Gasteiger partial charge in [0, 0.05) is 28.9 Å². The molecule has 0 saturated carbocycles. The van der Waals surface area contributed by atoms with Crippen LogP contribution in [0.3, 0.4) is 0 Å². The Balaban J connectivity index is 1.58. The van der Waals surface area contributed by atoms with E-state index in [4.69, 9.17) is 0 Å². The summed E-state index contributed by atoms with van der Waals surface area (Å²) in [5.74, 6) is 0. The summed E-state index contributed by atoms with van der Waals surface area (Å²) in [7, 11) is 2.04. The Morgan fingerprint density at radius 2 is 1.60 bits per heavy atom. The Hall–Kier alpha value is -2.70. The van der Waals surface area contributed by atoms with Gasteiger partial charge in [0.1, 0.15) is 0 Å². The van der Waals surface area contributed by atoms with Crippen LogP contribution >= 0.6 is 22.7 Å². The number of rotatable bonds is 3. The normalized spacial score (nSPS) is 11.4. The number of H-pyrrole nitrogens is 1. The summed E-state index contributed by atoms with van der Waals surface area (Å²) in [5, 5.41) is 4.49. The van der Waals surface area contributed by atoms with Crippen molar-refractivity contribution in [3.05, 3.63) is 60.1 Å². The van der Waals surface area contributed by atoms with Crippen LogP contribution in [0.1, 0.15) is 0 Å². The van der Waals surface area contributed by atoms with Crippen molar-refractivity contribution in [3.8, 4) is 33.6 Å².